The Bertz CT molecular complexity index is 477. The molecule has 1 aromatic heterocycles. The van der Waals surface area contributed by atoms with E-state index in [1.54, 1.807) is 6.33 Å². The Labute approximate surface area is 127 Å². The van der Waals surface area contributed by atoms with Crippen LogP contribution in [0.5, 0.6) is 0 Å². The molecule has 0 bridgehead atoms. The first-order valence-electron chi connectivity index (χ1n) is 8.25. The fourth-order valence-corrected chi connectivity index (χ4v) is 3.51. The SMILES string of the molecule is CCCNc1ncnc(N2CCOC3CCCCC32)c1C. The van der Waals surface area contributed by atoms with E-state index in [0.29, 0.717) is 12.1 Å². The number of ether oxygens (including phenoxy) is 1. The minimum Gasteiger partial charge on any atom is -0.374 e. The third kappa shape index (κ3) is 2.98. The van der Waals surface area contributed by atoms with E-state index in [-0.39, 0.29) is 0 Å². The van der Waals surface area contributed by atoms with Crippen LogP contribution in [-0.2, 0) is 4.74 Å². The van der Waals surface area contributed by atoms with E-state index in [4.69, 9.17) is 4.74 Å². The summed E-state index contributed by atoms with van der Waals surface area (Å²) in [6.45, 7) is 6.99. The normalized spacial score (nSPS) is 25.5. The van der Waals surface area contributed by atoms with Gasteiger partial charge in [0, 0.05) is 18.7 Å². The summed E-state index contributed by atoms with van der Waals surface area (Å²) in [4.78, 5) is 11.4. The molecule has 3 rings (SSSR count). The number of anilines is 2. The minimum atomic E-state index is 0.383. The van der Waals surface area contributed by atoms with Gasteiger partial charge < -0.3 is 15.0 Å². The zero-order valence-corrected chi connectivity index (χ0v) is 13.1. The average molecular weight is 290 g/mol. The molecule has 1 aromatic rings. The molecule has 5 heteroatoms. The summed E-state index contributed by atoms with van der Waals surface area (Å²) in [7, 11) is 0. The summed E-state index contributed by atoms with van der Waals surface area (Å²) in [5.41, 5.74) is 1.16. The second-order valence-electron chi connectivity index (χ2n) is 6.05. The molecule has 1 saturated heterocycles. The van der Waals surface area contributed by atoms with Gasteiger partial charge >= 0.3 is 0 Å². The number of hydrogen-bond donors (Lipinski definition) is 1. The van der Waals surface area contributed by atoms with E-state index in [9.17, 15) is 0 Å². The first-order valence-corrected chi connectivity index (χ1v) is 8.25. The van der Waals surface area contributed by atoms with Crippen molar-refractivity contribution in [2.75, 3.05) is 29.9 Å². The lowest BCUT2D eigenvalue weighted by atomic mass is 9.90. The molecule has 2 fully saturated rings. The maximum absolute atomic E-state index is 5.97. The van der Waals surface area contributed by atoms with E-state index in [1.165, 1.54) is 25.7 Å². The topological polar surface area (TPSA) is 50.3 Å². The molecule has 5 nitrogen and oxygen atoms in total. The van der Waals surface area contributed by atoms with Gasteiger partial charge in [0.05, 0.1) is 18.8 Å². The molecule has 21 heavy (non-hydrogen) atoms. The van der Waals surface area contributed by atoms with Crippen molar-refractivity contribution in [2.45, 2.75) is 58.1 Å². The predicted octanol–water partition coefficient (Wildman–Crippen LogP) is 2.75. The molecule has 0 spiro atoms. The monoisotopic (exact) mass is 290 g/mol. The van der Waals surface area contributed by atoms with Gasteiger partial charge in [-0.15, -0.1) is 0 Å². The predicted molar refractivity (Wildman–Crippen MR) is 84.9 cm³/mol. The Balaban J connectivity index is 1.84. The number of morpholine rings is 1. The van der Waals surface area contributed by atoms with Crippen LogP contribution < -0.4 is 10.2 Å². The number of nitrogens with one attached hydrogen (secondary N) is 1. The molecular formula is C16H26N4O. The lowest BCUT2D eigenvalue weighted by molar-refractivity contribution is -0.00903. The van der Waals surface area contributed by atoms with Crippen molar-refractivity contribution >= 4 is 11.6 Å². The standard InChI is InChI=1S/C16H26N4O/c1-3-8-17-15-12(2)16(19-11-18-15)20-9-10-21-14-7-5-4-6-13(14)20/h11,13-14H,3-10H2,1-2H3,(H,17,18,19). The third-order valence-corrected chi connectivity index (χ3v) is 4.60. The number of hydrogen-bond acceptors (Lipinski definition) is 5. The smallest absolute Gasteiger partial charge is 0.137 e. The molecule has 1 aliphatic heterocycles. The molecule has 2 heterocycles. The molecule has 2 aliphatic rings. The van der Waals surface area contributed by atoms with Crippen LogP contribution in [0.4, 0.5) is 11.6 Å². The maximum Gasteiger partial charge on any atom is 0.137 e. The molecule has 1 aliphatic carbocycles. The zero-order valence-electron chi connectivity index (χ0n) is 13.1. The highest BCUT2D eigenvalue weighted by Crippen LogP contribution is 2.33. The average Bonchev–Trinajstić information content (AvgIpc) is 2.53. The van der Waals surface area contributed by atoms with E-state index >= 15 is 0 Å². The third-order valence-electron chi connectivity index (χ3n) is 4.60. The van der Waals surface area contributed by atoms with Gasteiger partial charge in [0.25, 0.3) is 0 Å². The molecule has 0 radical (unpaired) electrons. The van der Waals surface area contributed by atoms with Crippen molar-refractivity contribution in [2.24, 2.45) is 0 Å². The molecule has 2 unspecified atom stereocenters. The van der Waals surface area contributed by atoms with Crippen LogP contribution in [0.15, 0.2) is 6.33 Å². The van der Waals surface area contributed by atoms with Gasteiger partial charge in [-0.3, -0.25) is 0 Å². The summed E-state index contributed by atoms with van der Waals surface area (Å²) in [6.07, 6.45) is 8.16. The highest BCUT2D eigenvalue weighted by Gasteiger charge is 2.35. The van der Waals surface area contributed by atoms with Crippen molar-refractivity contribution in [3.05, 3.63) is 11.9 Å². The van der Waals surface area contributed by atoms with Gasteiger partial charge in [-0.05, 0) is 26.2 Å². The van der Waals surface area contributed by atoms with Crippen LogP contribution in [0, 0.1) is 6.92 Å². The van der Waals surface area contributed by atoms with Gasteiger partial charge in [0.1, 0.15) is 18.0 Å². The number of nitrogens with zero attached hydrogens (tertiary/aromatic N) is 3. The molecular weight excluding hydrogens is 264 g/mol. The summed E-state index contributed by atoms with van der Waals surface area (Å²) in [5, 5.41) is 3.41. The second-order valence-corrected chi connectivity index (χ2v) is 6.05. The highest BCUT2D eigenvalue weighted by atomic mass is 16.5. The van der Waals surface area contributed by atoms with Crippen molar-refractivity contribution in [3.63, 3.8) is 0 Å². The van der Waals surface area contributed by atoms with Crippen molar-refractivity contribution in [3.8, 4) is 0 Å². The lowest BCUT2D eigenvalue weighted by Crippen LogP contribution is -2.53. The minimum absolute atomic E-state index is 0.383. The van der Waals surface area contributed by atoms with Crippen molar-refractivity contribution in [1.29, 1.82) is 0 Å². The summed E-state index contributed by atoms with van der Waals surface area (Å²) in [5.74, 6) is 2.06. The van der Waals surface area contributed by atoms with Crippen molar-refractivity contribution < 1.29 is 4.74 Å². The van der Waals surface area contributed by atoms with Crippen LogP contribution in [0.1, 0.15) is 44.6 Å². The summed E-state index contributed by atoms with van der Waals surface area (Å²) < 4.78 is 5.97. The van der Waals surface area contributed by atoms with Gasteiger partial charge in [0.15, 0.2) is 0 Å². The van der Waals surface area contributed by atoms with Crippen LogP contribution in [0.2, 0.25) is 0 Å². The Morgan fingerprint density at radius 1 is 1.33 bits per heavy atom. The Morgan fingerprint density at radius 3 is 3.05 bits per heavy atom. The number of rotatable bonds is 4. The first kappa shape index (κ1) is 14.6. The van der Waals surface area contributed by atoms with E-state index in [1.807, 2.05) is 0 Å². The first-order chi connectivity index (χ1) is 10.3. The quantitative estimate of drug-likeness (QED) is 0.924. The summed E-state index contributed by atoms with van der Waals surface area (Å²) in [6, 6.07) is 0.486. The number of fused-ring (bicyclic) bond motifs is 1. The van der Waals surface area contributed by atoms with Crippen LogP contribution in [0.25, 0.3) is 0 Å². The second kappa shape index (κ2) is 6.60. The van der Waals surface area contributed by atoms with Gasteiger partial charge in [0.2, 0.25) is 0 Å². The van der Waals surface area contributed by atoms with E-state index in [2.05, 4.69) is 34.0 Å². The number of aromatic nitrogens is 2. The Kier molecular flexibility index (Phi) is 4.58. The lowest BCUT2D eigenvalue weighted by Gasteiger charge is -2.44. The fourth-order valence-electron chi connectivity index (χ4n) is 3.51. The Morgan fingerprint density at radius 2 is 2.19 bits per heavy atom. The maximum atomic E-state index is 5.97. The molecule has 0 amide bonds. The van der Waals surface area contributed by atoms with Crippen molar-refractivity contribution in [1.82, 2.24) is 9.97 Å². The van der Waals surface area contributed by atoms with Gasteiger partial charge in [-0.25, -0.2) is 9.97 Å². The van der Waals surface area contributed by atoms with Crippen LogP contribution in [0.3, 0.4) is 0 Å². The molecule has 2 atom stereocenters. The van der Waals surface area contributed by atoms with Crippen LogP contribution >= 0.6 is 0 Å². The van der Waals surface area contributed by atoms with Crippen LogP contribution in [-0.4, -0.2) is 41.8 Å². The summed E-state index contributed by atoms with van der Waals surface area (Å²) >= 11 is 0. The zero-order chi connectivity index (χ0) is 14.7. The van der Waals surface area contributed by atoms with Gasteiger partial charge in [-0.1, -0.05) is 19.8 Å². The highest BCUT2D eigenvalue weighted by molar-refractivity contribution is 5.58. The molecule has 1 N–H and O–H groups in total. The molecule has 1 saturated carbocycles. The van der Waals surface area contributed by atoms with E-state index in [0.717, 1.165) is 43.3 Å². The molecule has 0 aromatic carbocycles. The largest absolute Gasteiger partial charge is 0.374 e. The Hall–Kier alpha value is -1.36. The fraction of sp³-hybridized carbons (Fsp3) is 0.750. The molecule has 116 valence electrons. The van der Waals surface area contributed by atoms with Gasteiger partial charge in [-0.2, -0.15) is 0 Å². The van der Waals surface area contributed by atoms with E-state index < -0.39 is 0 Å².